The quantitative estimate of drug-likeness (QED) is 0.308. The minimum absolute atomic E-state index is 0.104. The van der Waals surface area contributed by atoms with E-state index in [4.69, 9.17) is 4.74 Å². The lowest BCUT2D eigenvalue weighted by Gasteiger charge is -2.25. The van der Waals surface area contributed by atoms with E-state index in [9.17, 15) is 14.3 Å². The van der Waals surface area contributed by atoms with Crippen molar-refractivity contribution in [3.8, 4) is 0 Å². The lowest BCUT2D eigenvalue weighted by Crippen LogP contribution is -2.33. The van der Waals surface area contributed by atoms with Gasteiger partial charge in [0.05, 0.1) is 7.11 Å². The Balaban J connectivity index is 1.98. The van der Waals surface area contributed by atoms with Gasteiger partial charge in [-0.15, -0.1) is 0 Å². The van der Waals surface area contributed by atoms with E-state index in [-0.39, 0.29) is 29.8 Å². The Morgan fingerprint density at radius 3 is 2.83 bits per heavy atom. The third-order valence-electron chi connectivity index (χ3n) is 6.34. The first-order valence-corrected chi connectivity index (χ1v) is 10.8. The smallest absolute Gasteiger partial charge is 0.305 e. The fourth-order valence-electron chi connectivity index (χ4n) is 4.42. The van der Waals surface area contributed by atoms with Gasteiger partial charge in [-0.2, -0.15) is 0 Å². The van der Waals surface area contributed by atoms with Crippen LogP contribution in [-0.4, -0.2) is 42.2 Å². The number of aliphatic hydroxyl groups excluding tert-OH is 1. The van der Waals surface area contributed by atoms with Gasteiger partial charge < -0.3 is 14.6 Å². The van der Waals surface area contributed by atoms with Crippen LogP contribution in [0.4, 0.5) is 8.78 Å². The molecule has 1 aliphatic carbocycles. The molecule has 2 rings (SSSR count). The highest BCUT2D eigenvalue weighted by Crippen LogP contribution is 2.49. The van der Waals surface area contributed by atoms with Crippen LogP contribution >= 0.6 is 0 Å². The van der Waals surface area contributed by atoms with Gasteiger partial charge in [0, 0.05) is 12.3 Å². The molecule has 166 valence electrons. The molecule has 0 aromatic heterocycles. The second-order valence-electron chi connectivity index (χ2n) is 8.71. The molecule has 0 amide bonds. The second-order valence-corrected chi connectivity index (χ2v) is 8.71. The number of hydrogen-bond donors (Lipinski definition) is 1. The van der Waals surface area contributed by atoms with Gasteiger partial charge in [0.1, 0.15) is 23.6 Å². The third-order valence-corrected chi connectivity index (χ3v) is 6.34. The first-order valence-electron chi connectivity index (χ1n) is 10.8. The minimum Gasteiger partial charge on any atom is -0.492 e. The van der Waals surface area contributed by atoms with Gasteiger partial charge in [0.2, 0.25) is 0 Å². The molecule has 0 radical (unpaired) electrons. The van der Waals surface area contributed by atoms with Crippen molar-refractivity contribution in [2.24, 2.45) is 17.8 Å². The van der Waals surface area contributed by atoms with Crippen molar-refractivity contribution in [3.63, 3.8) is 0 Å². The molecule has 2 aliphatic rings. The van der Waals surface area contributed by atoms with Crippen LogP contribution in [0.5, 0.6) is 0 Å². The minimum atomic E-state index is -1.68. The van der Waals surface area contributed by atoms with Crippen LogP contribution in [-0.2, 0) is 14.3 Å². The average Bonchev–Trinajstić information content (AvgIpc) is 3.16. The summed E-state index contributed by atoms with van der Waals surface area (Å²) in [6.07, 6.45) is 6.46. The summed E-state index contributed by atoms with van der Waals surface area (Å²) < 4.78 is 40.2. The predicted octanol–water partition coefficient (Wildman–Crippen LogP) is 5.06. The summed E-state index contributed by atoms with van der Waals surface area (Å²) >= 11 is 0. The lowest BCUT2D eigenvalue weighted by atomic mass is 9.85. The molecule has 7 atom stereocenters. The Morgan fingerprint density at radius 1 is 1.45 bits per heavy atom. The summed E-state index contributed by atoms with van der Waals surface area (Å²) in [6, 6.07) is 0. The van der Waals surface area contributed by atoms with Crippen LogP contribution in [0.1, 0.15) is 65.7 Å². The Morgan fingerprint density at radius 2 is 2.17 bits per heavy atom. The third kappa shape index (κ3) is 6.03. The van der Waals surface area contributed by atoms with E-state index < -0.39 is 17.9 Å². The number of hydrogen-bond acceptors (Lipinski definition) is 4. The number of ether oxygens (including phenoxy) is 2. The Bertz CT molecular complexity index is 602. The van der Waals surface area contributed by atoms with Crippen LogP contribution in [0.25, 0.3) is 0 Å². The van der Waals surface area contributed by atoms with Crippen molar-refractivity contribution in [3.05, 3.63) is 24.0 Å². The summed E-state index contributed by atoms with van der Waals surface area (Å²) in [5.74, 6) is -0.154. The number of alkyl halides is 2. The van der Waals surface area contributed by atoms with Crippen LogP contribution in [0, 0.1) is 17.8 Å². The predicted molar refractivity (Wildman–Crippen MR) is 109 cm³/mol. The first kappa shape index (κ1) is 23.8. The highest BCUT2D eigenvalue weighted by molar-refractivity contribution is 5.69. The molecular formula is C23H36F2O4. The Hall–Kier alpha value is -1.43. The van der Waals surface area contributed by atoms with E-state index in [0.29, 0.717) is 37.9 Å². The molecule has 29 heavy (non-hydrogen) atoms. The maximum Gasteiger partial charge on any atom is 0.305 e. The molecule has 0 aromatic rings. The molecule has 4 nitrogen and oxygen atoms in total. The number of aliphatic hydroxyl groups is 1. The van der Waals surface area contributed by atoms with Crippen LogP contribution < -0.4 is 0 Å². The van der Waals surface area contributed by atoms with E-state index in [2.05, 4.69) is 4.74 Å². The second kappa shape index (κ2) is 10.6. The zero-order chi connectivity index (χ0) is 21.6. The molecule has 1 N–H and O–H groups in total. The molecule has 1 aliphatic heterocycles. The van der Waals surface area contributed by atoms with E-state index in [1.54, 1.807) is 12.2 Å². The van der Waals surface area contributed by atoms with E-state index in [1.807, 2.05) is 13.8 Å². The normalized spacial score (nSPS) is 33.5. The van der Waals surface area contributed by atoms with E-state index >= 15 is 4.39 Å². The summed E-state index contributed by atoms with van der Waals surface area (Å²) in [7, 11) is 1.35. The number of carbonyl (C=O) groups excluding carboxylic acids is 1. The van der Waals surface area contributed by atoms with Crippen molar-refractivity contribution < 1.29 is 28.2 Å². The number of allylic oxidation sites excluding steroid dienone is 3. The zero-order valence-corrected chi connectivity index (χ0v) is 18.1. The van der Waals surface area contributed by atoms with Crippen molar-refractivity contribution in [2.45, 2.75) is 89.8 Å². The van der Waals surface area contributed by atoms with Gasteiger partial charge in [-0.3, -0.25) is 4.79 Å². The van der Waals surface area contributed by atoms with Gasteiger partial charge in [-0.1, -0.05) is 38.8 Å². The van der Waals surface area contributed by atoms with Gasteiger partial charge in [0.25, 0.3) is 0 Å². The molecule has 6 heteroatoms. The van der Waals surface area contributed by atoms with Crippen LogP contribution in [0.2, 0.25) is 0 Å². The number of fused-ring (bicyclic) bond motifs is 1. The van der Waals surface area contributed by atoms with Gasteiger partial charge in [-0.25, -0.2) is 8.78 Å². The van der Waals surface area contributed by atoms with E-state index in [1.165, 1.54) is 20.1 Å². The maximum atomic E-state index is 15.1. The molecule has 2 unspecified atom stereocenters. The van der Waals surface area contributed by atoms with Gasteiger partial charge in [-0.05, 0) is 50.5 Å². The monoisotopic (exact) mass is 414 g/mol. The number of halogens is 2. The fourth-order valence-corrected chi connectivity index (χ4v) is 4.42. The lowest BCUT2D eigenvalue weighted by molar-refractivity contribution is -0.140. The number of esters is 1. The standard InChI is InChI=1S/C23H36F2O4/c1-5-6-13-23(3,25)19(26)12-11-16-15(2)14-18-21(16)22(24)17(29-18)9-7-8-10-20(27)28-4/h9,11-12,15-16,18-19,21-22,26H,5-8,10,13-14H2,1-4H3/b12-11+,17-9-/t15-,16+,18-,19-,21-,22?,23?/m1/s1. The molecule has 1 heterocycles. The zero-order valence-electron chi connectivity index (χ0n) is 18.1. The highest BCUT2D eigenvalue weighted by atomic mass is 19.1. The number of methoxy groups -OCH3 is 1. The average molecular weight is 415 g/mol. The summed E-state index contributed by atoms with van der Waals surface area (Å²) in [6.45, 7) is 5.45. The number of carbonyl (C=O) groups is 1. The fraction of sp³-hybridized carbons (Fsp3) is 0.783. The largest absolute Gasteiger partial charge is 0.492 e. The number of rotatable bonds is 10. The van der Waals surface area contributed by atoms with Crippen molar-refractivity contribution in [1.82, 2.24) is 0 Å². The van der Waals surface area contributed by atoms with Crippen molar-refractivity contribution in [2.75, 3.05) is 7.11 Å². The summed E-state index contributed by atoms with van der Waals surface area (Å²) in [5, 5.41) is 10.3. The Labute approximate surface area is 173 Å². The molecule has 0 spiro atoms. The summed E-state index contributed by atoms with van der Waals surface area (Å²) in [5.41, 5.74) is -1.68. The SMILES string of the molecule is CCCCC(C)(F)[C@H](O)/C=C/[C@@H]1[C@H]2C(F)/C(=C/CCCC(=O)OC)O[C@@H]2C[C@H]1C. The molecule has 0 bridgehead atoms. The Kier molecular flexibility index (Phi) is 8.68. The van der Waals surface area contributed by atoms with Crippen molar-refractivity contribution >= 4 is 5.97 Å². The number of unbranched alkanes of at least 4 members (excludes halogenated alkanes) is 2. The maximum absolute atomic E-state index is 15.1. The molecule has 2 fully saturated rings. The van der Waals surface area contributed by atoms with Crippen LogP contribution in [0.3, 0.4) is 0 Å². The molecule has 1 saturated carbocycles. The van der Waals surface area contributed by atoms with E-state index in [0.717, 1.165) is 12.8 Å². The topological polar surface area (TPSA) is 55.8 Å². The van der Waals surface area contributed by atoms with Crippen molar-refractivity contribution in [1.29, 1.82) is 0 Å². The highest BCUT2D eigenvalue weighted by Gasteiger charge is 2.52. The van der Waals surface area contributed by atoms with Gasteiger partial charge in [0.15, 0.2) is 6.17 Å². The van der Waals surface area contributed by atoms with Gasteiger partial charge >= 0.3 is 5.97 Å². The first-order chi connectivity index (χ1) is 13.7. The molecule has 0 aromatic carbocycles. The molecular weight excluding hydrogens is 378 g/mol. The summed E-state index contributed by atoms with van der Waals surface area (Å²) in [4.78, 5) is 11.2. The molecule has 1 saturated heterocycles. The van der Waals surface area contributed by atoms with Crippen LogP contribution in [0.15, 0.2) is 24.0 Å².